The molecule has 0 aliphatic carbocycles. The van der Waals surface area contributed by atoms with Crippen LogP contribution in [0.5, 0.6) is 11.5 Å². The van der Waals surface area contributed by atoms with Crippen LogP contribution in [0, 0.1) is 0 Å². The fraction of sp³-hybridized carbons (Fsp3) is 0.222. The van der Waals surface area contributed by atoms with Crippen LogP contribution in [0.15, 0.2) is 48.5 Å². The van der Waals surface area contributed by atoms with Crippen LogP contribution in [0.4, 0.5) is 10.5 Å². The van der Waals surface area contributed by atoms with E-state index >= 15 is 0 Å². The Balaban J connectivity index is 2.03. The molecule has 0 saturated carbocycles. The van der Waals surface area contributed by atoms with Gasteiger partial charge in [0.1, 0.15) is 0 Å². The number of hydrogen-bond donors (Lipinski definition) is 2. The van der Waals surface area contributed by atoms with E-state index in [1.54, 1.807) is 42.5 Å². The van der Waals surface area contributed by atoms with Gasteiger partial charge in [0.15, 0.2) is 11.5 Å². The summed E-state index contributed by atoms with van der Waals surface area (Å²) in [4.78, 5) is 23.4. The van der Waals surface area contributed by atoms with Crippen LogP contribution < -0.4 is 25.2 Å². The monoisotopic (exact) mass is 343 g/mol. The molecule has 132 valence electrons. The number of ether oxygens (including phenoxy) is 2. The first-order valence-corrected chi connectivity index (χ1v) is 7.57. The molecule has 7 nitrogen and oxygen atoms in total. The third-order valence-electron chi connectivity index (χ3n) is 3.51. The van der Waals surface area contributed by atoms with Gasteiger partial charge >= 0.3 is 6.03 Å². The van der Waals surface area contributed by atoms with Crippen LogP contribution in [-0.2, 0) is 11.2 Å². The summed E-state index contributed by atoms with van der Waals surface area (Å²) < 4.78 is 10.3. The molecular weight excluding hydrogens is 324 g/mol. The number of carboxylic acid groups (broad SMARTS) is 1. The molecule has 0 aliphatic rings. The lowest BCUT2D eigenvalue weighted by molar-refractivity contribution is -0.308. The first-order valence-electron chi connectivity index (χ1n) is 7.57. The maximum Gasteiger partial charge on any atom is 0.319 e. The van der Waals surface area contributed by atoms with E-state index in [1.807, 2.05) is 6.07 Å². The maximum absolute atomic E-state index is 12.1. The Kier molecular flexibility index (Phi) is 6.22. The molecule has 0 saturated heterocycles. The Hall–Kier alpha value is -3.22. The summed E-state index contributed by atoms with van der Waals surface area (Å²) >= 11 is 0. The average Bonchev–Trinajstić information content (AvgIpc) is 2.61. The minimum atomic E-state index is -1.36. The minimum Gasteiger partial charge on any atom is -0.548 e. The summed E-state index contributed by atoms with van der Waals surface area (Å²) in [5.74, 6) is -0.391. The van der Waals surface area contributed by atoms with Gasteiger partial charge in [-0.05, 0) is 24.1 Å². The molecule has 2 aromatic carbocycles. The number of aliphatic carboxylic acids is 1. The highest BCUT2D eigenvalue weighted by Gasteiger charge is 2.15. The third-order valence-corrected chi connectivity index (χ3v) is 3.51. The fourth-order valence-electron chi connectivity index (χ4n) is 2.28. The molecule has 2 amide bonds. The Bertz CT molecular complexity index is 734. The molecule has 0 unspecified atom stereocenters. The second-order valence-corrected chi connectivity index (χ2v) is 5.23. The van der Waals surface area contributed by atoms with Crippen molar-refractivity contribution in [1.29, 1.82) is 0 Å². The molecule has 2 N–H and O–H groups in total. The molecule has 7 heteroatoms. The maximum atomic E-state index is 12.1. The second-order valence-electron chi connectivity index (χ2n) is 5.23. The van der Waals surface area contributed by atoms with Crippen molar-refractivity contribution in [3.8, 4) is 11.5 Å². The number of hydrogen-bond acceptors (Lipinski definition) is 5. The number of nitrogens with one attached hydrogen (secondary N) is 2. The van der Waals surface area contributed by atoms with Crippen LogP contribution in [0.25, 0.3) is 0 Å². The summed E-state index contributed by atoms with van der Waals surface area (Å²) in [6.07, 6.45) is 0.128. The van der Waals surface area contributed by atoms with Crippen molar-refractivity contribution in [2.24, 2.45) is 0 Å². The molecule has 0 heterocycles. The third kappa shape index (κ3) is 5.13. The lowest BCUT2D eigenvalue weighted by Crippen LogP contribution is -2.50. The molecule has 2 rings (SSSR count). The predicted molar refractivity (Wildman–Crippen MR) is 90.6 cm³/mol. The van der Waals surface area contributed by atoms with Crippen molar-refractivity contribution in [2.45, 2.75) is 12.5 Å². The van der Waals surface area contributed by atoms with Crippen molar-refractivity contribution in [1.82, 2.24) is 5.32 Å². The number of carbonyl (C=O) groups excluding carboxylic acids is 2. The molecular formula is C18H19N2O5-. The first kappa shape index (κ1) is 18.1. The number of urea groups is 1. The molecule has 1 atom stereocenters. The number of rotatable bonds is 7. The van der Waals surface area contributed by atoms with Crippen molar-refractivity contribution < 1.29 is 24.2 Å². The molecule has 0 spiro atoms. The van der Waals surface area contributed by atoms with E-state index in [0.717, 1.165) is 5.56 Å². The fourth-order valence-corrected chi connectivity index (χ4v) is 2.28. The van der Waals surface area contributed by atoms with Crippen molar-refractivity contribution >= 4 is 17.7 Å². The molecule has 0 fully saturated rings. The van der Waals surface area contributed by atoms with E-state index in [0.29, 0.717) is 17.2 Å². The van der Waals surface area contributed by atoms with Crippen molar-refractivity contribution in [2.75, 3.05) is 19.5 Å². The Morgan fingerprint density at radius 3 is 2.32 bits per heavy atom. The smallest absolute Gasteiger partial charge is 0.319 e. The molecule has 25 heavy (non-hydrogen) atoms. The Labute approximate surface area is 145 Å². The highest BCUT2D eigenvalue weighted by Crippen LogP contribution is 2.29. The molecule has 0 bridgehead atoms. The van der Waals surface area contributed by atoms with Gasteiger partial charge in [0.2, 0.25) is 0 Å². The molecule has 2 aromatic rings. The van der Waals surface area contributed by atoms with E-state index in [1.165, 1.54) is 14.2 Å². The molecule has 0 aromatic heterocycles. The van der Waals surface area contributed by atoms with Gasteiger partial charge in [-0.25, -0.2) is 4.79 Å². The highest BCUT2D eigenvalue weighted by molar-refractivity contribution is 5.92. The predicted octanol–water partition coefficient (Wildman–Crippen LogP) is 1.19. The zero-order valence-electron chi connectivity index (χ0n) is 13.9. The van der Waals surface area contributed by atoms with Gasteiger partial charge in [0, 0.05) is 11.8 Å². The standard InChI is InChI=1S/C18H20N2O5/c1-24-15-9-8-13(11-16(15)25-2)19-18(23)20-14(17(21)22)10-12-6-4-3-5-7-12/h3-9,11,14H,10H2,1-2H3,(H,21,22)(H2,19,20,23)/p-1/t14-/m0/s1. The van der Waals surface area contributed by atoms with E-state index in [-0.39, 0.29) is 6.42 Å². The topological polar surface area (TPSA) is 99.7 Å². The van der Waals surface area contributed by atoms with E-state index < -0.39 is 18.0 Å². The summed E-state index contributed by atoms with van der Waals surface area (Å²) in [6.45, 7) is 0. The number of amides is 2. The van der Waals surface area contributed by atoms with Crippen LogP contribution in [0.2, 0.25) is 0 Å². The first-order chi connectivity index (χ1) is 12.0. The summed E-state index contributed by atoms with van der Waals surface area (Å²) in [6, 6.07) is 12.0. The van der Waals surface area contributed by atoms with E-state index in [2.05, 4.69) is 10.6 Å². The number of carboxylic acids is 1. The number of carbonyl (C=O) groups is 2. The van der Waals surface area contributed by atoms with Crippen molar-refractivity contribution in [3.63, 3.8) is 0 Å². The van der Waals surface area contributed by atoms with Crippen LogP contribution in [-0.4, -0.2) is 32.3 Å². The van der Waals surface area contributed by atoms with Gasteiger partial charge in [0.25, 0.3) is 0 Å². The number of anilines is 1. The lowest BCUT2D eigenvalue weighted by atomic mass is 10.1. The van der Waals surface area contributed by atoms with E-state index in [4.69, 9.17) is 9.47 Å². The van der Waals surface area contributed by atoms with Gasteiger partial charge in [-0.2, -0.15) is 0 Å². The lowest BCUT2D eigenvalue weighted by Gasteiger charge is -2.20. The van der Waals surface area contributed by atoms with Crippen LogP contribution >= 0.6 is 0 Å². The van der Waals surface area contributed by atoms with Crippen LogP contribution in [0.3, 0.4) is 0 Å². The Morgan fingerprint density at radius 2 is 1.72 bits per heavy atom. The number of methoxy groups -OCH3 is 2. The van der Waals surface area contributed by atoms with Gasteiger partial charge < -0.3 is 30.0 Å². The molecule has 0 radical (unpaired) electrons. The average molecular weight is 343 g/mol. The quantitative estimate of drug-likeness (QED) is 0.786. The largest absolute Gasteiger partial charge is 0.548 e. The second kappa shape index (κ2) is 8.58. The van der Waals surface area contributed by atoms with Gasteiger partial charge in [-0.15, -0.1) is 0 Å². The van der Waals surface area contributed by atoms with E-state index in [9.17, 15) is 14.7 Å². The highest BCUT2D eigenvalue weighted by atomic mass is 16.5. The van der Waals surface area contributed by atoms with Crippen molar-refractivity contribution in [3.05, 3.63) is 54.1 Å². The Morgan fingerprint density at radius 1 is 1.04 bits per heavy atom. The summed E-state index contributed by atoms with van der Waals surface area (Å²) in [7, 11) is 2.99. The van der Waals surface area contributed by atoms with Gasteiger partial charge in [-0.1, -0.05) is 30.3 Å². The summed E-state index contributed by atoms with van der Waals surface area (Å²) in [5, 5.41) is 16.2. The normalized spacial score (nSPS) is 11.3. The zero-order chi connectivity index (χ0) is 18.2. The number of benzene rings is 2. The zero-order valence-corrected chi connectivity index (χ0v) is 13.9. The SMILES string of the molecule is COc1ccc(NC(=O)N[C@@H](Cc2ccccc2)C(=O)[O-])cc1OC. The minimum absolute atomic E-state index is 0.128. The molecule has 0 aliphatic heterocycles. The van der Waals surface area contributed by atoms with Gasteiger partial charge in [-0.3, -0.25) is 0 Å². The summed E-state index contributed by atoms with van der Waals surface area (Å²) in [5.41, 5.74) is 1.22. The van der Waals surface area contributed by atoms with Crippen LogP contribution in [0.1, 0.15) is 5.56 Å². The van der Waals surface area contributed by atoms with Gasteiger partial charge in [0.05, 0.1) is 26.2 Å².